The van der Waals surface area contributed by atoms with Gasteiger partial charge in [-0.15, -0.1) is 0 Å². The van der Waals surface area contributed by atoms with Gasteiger partial charge in [-0.1, -0.05) is 58.9 Å². The molecule has 1 saturated carbocycles. The number of aromatic amines is 1. The van der Waals surface area contributed by atoms with E-state index in [1.54, 1.807) is 29.3 Å². The topological polar surface area (TPSA) is 153 Å². The predicted octanol–water partition coefficient (Wildman–Crippen LogP) is 8.31. The molecule has 4 heterocycles. The van der Waals surface area contributed by atoms with Crippen LogP contribution >= 0.6 is 0 Å². The number of ether oxygens (including phenoxy) is 1. The monoisotopic (exact) mass is 874 g/mol. The molecule has 2 saturated heterocycles. The molecule has 4 aromatic rings. The summed E-state index contributed by atoms with van der Waals surface area (Å²) in [6.07, 6.45) is -1.18. The number of amides is 4. The SMILES string of the molecule is COC(=O)N[C@H](C(=O)N1C[C@@H](C)C[C@H]1c1nc(-c2ccc(-c3cc(F)c(NC(=O)c4ccc(N5C[C@H](C)N(C(=O)[C@H]6CC6(C)C)C[C@H]5C)nc4)cc3C(F)(F)F)cc2)c[nH]1)C(C)C. The van der Waals surface area contributed by atoms with E-state index >= 15 is 4.39 Å². The Balaban J connectivity index is 1.04. The molecule has 0 bridgehead atoms. The van der Waals surface area contributed by atoms with Gasteiger partial charge in [-0.05, 0) is 79.3 Å². The maximum Gasteiger partial charge on any atom is 0.417 e. The van der Waals surface area contributed by atoms with Gasteiger partial charge in [-0.25, -0.2) is 19.2 Å². The first-order valence-electron chi connectivity index (χ1n) is 21.2. The molecule has 0 radical (unpaired) electrons. The molecule has 17 heteroatoms. The number of benzene rings is 2. The van der Waals surface area contributed by atoms with Crippen molar-refractivity contribution >= 4 is 35.3 Å². The average Bonchev–Trinajstić information content (AvgIpc) is 3.52. The number of halogens is 4. The number of piperazine rings is 1. The summed E-state index contributed by atoms with van der Waals surface area (Å²) < 4.78 is 64.1. The number of imidazole rings is 1. The van der Waals surface area contributed by atoms with Gasteiger partial charge in [0.25, 0.3) is 5.91 Å². The second-order valence-electron chi connectivity index (χ2n) is 18.3. The number of carbonyl (C=O) groups excluding carboxylic acids is 4. The Bertz CT molecular complexity index is 2370. The second-order valence-corrected chi connectivity index (χ2v) is 18.3. The molecular weight excluding hydrogens is 821 g/mol. The maximum atomic E-state index is 15.6. The number of rotatable bonds is 10. The lowest BCUT2D eigenvalue weighted by atomic mass is 9.96. The molecule has 6 atom stereocenters. The Kier molecular flexibility index (Phi) is 12.4. The summed E-state index contributed by atoms with van der Waals surface area (Å²) in [5.41, 5.74) is -1.03. The Morgan fingerprint density at radius 3 is 2.22 bits per heavy atom. The van der Waals surface area contributed by atoms with Crippen LogP contribution in [0.25, 0.3) is 22.4 Å². The number of likely N-dealkylation sites (tertiary alicyclic amines) is 1. The minimum atomic E-state index is -4.90. The standard InChI is InChI=1S/C46H54F4N8O5/c1-24(2)39(55-44(62)63-8)43(61)58-21-25(3)15-37(58)40-52-20-36(53-40)29-11-9-28(10-12-29)31-16-34(47)35(17-32(31)46(48,49)50)54-41(59)30-13-14-38(51-19-30)56-22-27(5)57(23-26(56)4)42(60)33-18-45(33,6)7/h9-14,16-17,19-20,24-27,33,37,39H,15,18,21-23H2,1-8H3,(H,52,53)(H,54,59)(H,55,62)/t25-,26+,27-,33+,37-,39-/m0/s1. The minimum Gasteiger partial charge on any atom is -0.453 e. The number of alkyl carbamates (subject to hydrolysis) is 1. The molecule has 2 aliphatic heterocycles. The molecule has 3 fully saturated rings. The maximum absolute atomic E-state index is 15.6. The first kappa shape index (κ1) is 45.0. The highest BCUT2D eigenvalue weighted by Gasteiger charge is 2.53. The quantitative estimate of drug-likeness (QED) is 0.135. The van der Waals surface area contributed by atoms with Crippen molar-refractivity contribution in [3.05, 3.63) is 83.7 Å². The molecule has 7 rings (SSSR count). The van der Waals surface area contributed by atoms with Crippen LogP contribution in [-0.2, 0) is 20.5 Å². The van der Waals surface area contributed by atoms with Crippen molar-refractivity contribution < 1.29 is 41.5 Å². The van der Waals surface area contributed by atoms with Crippen LogP contribution in [0.4, 0.5) is 33.9 Å². The van der Waals surface area contributed by atoms with E-state index in [4.69, 9.17) is 9.72 Å². The molecule has 4 amide bonds. The molecule has 336 valence electrons. The number of carbonyl (C=O) groups is 4. The zero-order valence-corrected chi connectivity index (χ0v) is 36.6. The van der Waals surface area contributed by atoms with Gasteiger partial charge in [0, 0.05) is 55.6 Å². The minimum absolute atomic E-state index is 0.0203. The summed E-state index contributed by atoms with van der Waals surface area (Å²) >= 11 is 0. The molecule has 2 aromatic heterocycles. The lowest BCUT2D eigenvalue weighted by Gasteiger charge is -2.45. The van der Waals surface area contributed by atoms with Gasteiger partial charge in [-0.2, -0.15) is 13.2 Å². The zero-order valence-electron chi connectivity index (χ0n) is 36.6. The van der Waals surface area contributed by atoms with Gasteiger partial charge in [-0.3, -0.25) is 14.4 Å². The number of alkyl halides is 3. The number of H-pyrrole nitrogens is 1. The van der Waals surface area contributed by atoms with E-state index in [1.807, 2.05) is 44.4 Å². The Morgan fingerprint density at radius 1 is 0.937 bits per heavy atom. The average molecular weight is 875 g/mol. The third-order valence-electron chi connectivity index (χ3n) is 12.6. The fraction of sp³-hybridized carbons (Fsp3) is 0.478. The number of nitrogens with zero attached hydrogens (tertiary/aromatic N) is 5. The molecule has 2 aromatic carbocycles. The molecule has 1 aliphatic carbocycles. The van der Waals surface area contributed by atoms with Gasteiger partial charge in [0.05, 0.1) is 35.7 Å². The molecule has 3 N–H and O–H groups in total. The van der Waals surface area contributed by atoms with E-state index in [0.29, 0.717) is 55.0 Å². The summed E-state index contributed by atoms with van der Waals surface area (Å²) in [5, 5.41) is 4.92. The van der Waals surface area contributed by atoms with Crippen molar-refractivity contribution in [3.8, 4) is 22.4 Å². The van der Waals surface area contributed by atoms with Crippen LogP contribution < -0.4 is 15.5 Å². The normalized spacial score (nSPS) is 22.5. The van der Waals surface area contributed by atoms with Crippen LogP contribution in [0.2, 0.25) is 0 Å². The van der Waals surface area contributed by atoms with Gasteiger partial charge < -0.3 is 35.1 Å². The molecular formula is C46H54F4N8O5. The highest BCUT2D eigenvalue weighted by molar-refractivity contribution is 6.04. The second kappa shape index (κ2) is 17.3. The first-order chi connectivity index (χ1) is 29.7. The number of anilines is 2. The van der Waals surface area contributed by atoms with Crippen molar-refractivity contribution in [1.29, 1.82) is 0 Å². The largest absolute Gasteiger partial charge is 0.453 e. The van der Waals surface area contributed by atoms with Crippen molar-refractivity contribution in [2.75, 3.05) is 37.0 Å². The summed E-state index contributed by atoms with van der Waals surface area (Å²) in [6.45, 7) is 15.3. The molecule has 63 heavy (non-hydrogen) atoms. The smallest absolute Gasteiger partial charge is 0.417 e. The Labute approximate surface area is 364 Å². The summed E-state index contributed by atoms with van der Waals surface area (Å²) in [5.74, 6) is -0.947. The molecule has 3 aliphatic rings. The lowest BCUT2D eigenvalue weighted by Crippen LogP contribution is -2.59. The fourth-order valence-electron chi connectivity index (χ4n) is 8.77. The third kappa shape index (κ3) is 9.37. The van der Waals surface area contributed by atoms with Gasteiger partial charge in [0.15, 0.2) is 0 Å². The molecule has 0 unspecified atom stereocenters. The van der Waals surface area contributed by atoms with E-state index < -0.39 is 52.9 Å². The van der Waals surface area contributed by atoms with E-state index in [0.717, 1.165) is 12.5 Å². The number of methoxy groups -OCH3 is 1. The highest BCUT2D eigenvalue weighted by Crippen LogP contribution is 2.53. The van der Waals surface area contributed by atoms with E-state index in [2.05, 4.69) is 34.4 Å². The van der Waals surface area contributed by atoms with Crippen LogP contribution in [0, 0.1) is 29.0 Å². The molecule has 13 nitrogen and oxygen atoms in total. The highest BCUT2D eigenvalue weighted by atomic mass is 19.4. The lowest BCUT2D eigenvalue weighted by molar-refractivity contribution is -0.137. The number of aromatic nitrogens is 3. The fourth-order valence-corrected chi connectivity index (χ4v) is 8.77. The number of pyridine rings is 1. The third-order valence-corrected chi connectivity index (χ3v) is 12.6. The van der Waals surface area contributed by atoms with Crippen molar-refractivity contribution in [2.45, 2.75) is 91.7 Å². The van der Waals surface area contributed by atoms with Crippen LogP contribution in [0.3, 0.4) is 0 Å². The van der Waals surface area contributed by atoms with Crippen molar-refractivity contribution in [1.82, 2.24) is 30.1 Å². The number of hydrogen-bond donors (Lipinski definition) is 3. The van der Waals surface area contributed by atoms with E-state index in [1.165, 1.54) is 31.5 Å². The predicted molar refractivity (Wildman–Crippen MR) is 229 cm³/mol. The van der Waals surface area contributed by atoms with Crippen molar-refractivity contribution in [3.63, 3.8) is 0 Å². The van der Waals surface area contributed by atoms with Crippen LogP contribution in [0.5, 0.6) is 0 Å². The number of nitrogens with one attached hydrogen (secondary N) is 3. The summed E-state index contributed by atoms with van der Waals surface area (Å²) in [4.78, 5) is 70.1. The van der Waals surface area contributed by atoms with Crippen LogP contribution in [-0.4, -0.2) is 93.4 Å². The van der Waals surface area contributed by atoms with Gasteiger partial charge in [0.1, 0.15) is 23.5 Å². The first-order valence-corrected chi connectivity index (χ1v) is 21.2. The zero-order chi connectivity index (χ0) is 45.7. The Morgan fingerprint density at radius 2 is 1.62 bits per heavy atom. The van der Waals surface area contributed by atoms with Gasteiger partial charge in [0.2, 0.25) is 11.8 Å². The Hall–Kier alpha value is -6.00. The van der Waals surface area contributed by atoms with Crippen LogP contribution in [0.1, 0.15) is 89.1 Å². The number of hydrogen-bond acceptors (Lipinski definition) is 8. The van der Waals surface area contributed by atoms with E-state index in [9.17, 15) is 32.3 Å². The summed E-state index contributed by atoms with van der Waals surface area (Å²) in [6, 6.07) is 9.13. The molecule has 0 spiro atoms. The van der Waals surface area contributed by atoms with Crippen LogP contribution in [0.15, 0.2) is 60.9 Å². The summed E-state index contributed by atoms with van der Waals surface area (Å²) in [7, 11) is 1.23. The van der Waals surface area contributed by atoms with Crippen molar-refractivity contribution in [2.24, 2.45) is 23.2 Å². The van der Waals surface area contributed by atoms with Gasteiger partial charge >= 0.3 is 12.3 Å². The van der Waals surface area contributed by atoms with E-state index in [-0.39, 0.29) is 58.2 Å².